The Bertz CT molecular complexity index is 862. The standard InChI is InChI=1S/C14H8F7N3O3/c15-12(16,13(17,18)19)14(20,21)23-22-7-8-5-6-11(27-8)9-3-1-2-4-10(9)24(25)26/h1-7,23H/b22-7-. The number of nitro benzene ring substituents is 1. The zero-order chi connectivity index (χ0) is 20.5. The predicted octanol–water partition coefficient (Wildman–Crippen LogP) is 4.57. The van der Waals surface area contributed by atoms with Crippen molar-refractivity contribution >= 4 is 11.9 Å². The molecule has 0 spiro atoms. The second-order valence-corrected chi connectivity index (χ2v) is 4.99. The topological polar surface area (TPSA) is 80.7 Å². The first-order chi connectivity index (χ1) is 12.4. The van der Waals surface area contributed by atoms with E-state index in [9.17, 15) is 40.8 Å². The first kappa shape index (κ1) is 20.2. The molecule has 1 N–H and O–H groups in total. The number of halogens is 7. The molecule has 0 unspecified atom stereocenters. The van der Waals surface area contributed by atoms with Crippen LogP contribution >= 0.6 is 0 Å². The number of hydrogen-bond acceptors (Lipinski definition) is 5. The zero-order valence-electron chi connectivity index (χ0n) is 12.8. The molecule has 2 aromatic rings. The summed E-state index contributed by atoms with van der Waals surface area (Å²) in [5, 5.41) is 13.6. The average molecular weight is 399 g/mol. The summed E-state index contributed by atoms with van der Waals surface area (Å²) < 4.78 is 92.4. The smallest absolute Gasteiger partial charge is 0.455 e. The predicted molar refractivity (Wildman–Crippen MR) is 77.5 cm³/mol. The van der Waals surface area contributed by atoms with Crippen LogP contribution in [0.15, 0.2) is 45.9 Å². The van der Waals surface area contributed by atoms with Crippen molar-refractivity contribution in [2.24, 2.45) is 5.10 Å². The maximum absolute atomic E-state index is 13.0. The molecule has 0 amide bonds. The maximum atomic E-state index is 13.0. The summed E-state index contributed by atoms with van der Waals surface area (Å²) in [4.78, 5) is 10.2. The SMILES string of the molecule is O=[N+]([O-])c1ccccc1-c1ccc(/C=N\NC(F)(F)C(F)(F)C(F)(F)F)o1. The fourth-order valence-electron chi connectivity index (χ4n) is 1.83. The quantitative estimate of drug-likeness (QED) is 0.254. The number of nitrogens with one attached hydrogen (secondary N) is 1. The lowest BCUT2D eigenvalue weighted by molar-refractivity contribution is -0.384. The first-order valence-corrected chi connectivity index (χ1v) is 6.83. The molecule has 0 saturated heterocycles. The zero-order valence-corrected chi connectivity index (χ0v) is 12.8. The van der Waals surface area contributed by atoms with E-state index >= 15 is 0 Å². The number of nitro groups is 1. The Kier molecular flexibility index (Phi) is 5.15. The van der Waals surface area contributed by atoms with Gasteiger partial charge in [-0.15, -0.1) is 0 Å². The van der Waals surface area contributed by atoms with Gasteiger partial charge in [0.2, 0.25) is 0 Å². The highest BCUT2D eigenvalue weighted by Crippen LogP contribution is 2.45. The molecule has 1 aromatic heterocycles. The second-order valence-electron chi connectivity index (χ2n) is 4.99. The Labute approximate surface area is 145 Å². The van der Waals surface area contributed by atoms with Gasteiger partial charge in [0.25, 0.3) is 5.69 Å². The molecule has 0 aliphatic carbocycles. The fourth-order valence-corrected chi connectivity index (χ4v) is 1.83. The van der Waals surface area contributed by atoms with Gasteiger partial charge in [0, 0.05) is 6.07 Å². The number of furan rings is 1. The van der Waals surface area contributed by atoms with E-state index in [1.165, 1.54) is 30.3 Å². The van der Waals surface area contributed by atoms with Crippen LogP contribution < -0.4 is 5.43 Å². The van der Waals surface area contributed by atoms with E-state index in [0.29, 0.717) is 11.6 Å². The molecule has 1 heterocycles. The lowest BCUT2D eigenvalue weighted by Crippen LogP contribution is -2.58. The lowest BCUT2D eigenvalue weighted by atomic mass is 10.1. The Morgan fingerprint density at radius 2 is 1.67 bits per heavy atom. The highest BCUT2D eigenvalue weighted by molar-refractivity contribution is 5.78. The van der Waals surface area contributed by atoms with Crippen molar-refractivity contribution < 1.29 is 40.1 Å². The number of para-hydroxylation sites is 1. The van der Waals surface area contributed by atoms with Crippen LogP contribution in [0, 0.1) is 10.1 Å². The summed E-state index contributed by atoms with van der Waals surface area (Å²) in [5.41, 5.74) is 0.133. The van der Waals surface area contributed by atoms with E-state index in [1.54, 1.807) is 0 Å². The van der Waals surface area contributed by atoms with E-state index < -0.39 is 23.1 Å². The van der Waals surface area contributed by atoms with Crippen molar-refractivity contribution in [3.05, 3.63) is 52.3 Å². The Hall–Kier alpha value is -3.12. The molecule has 13 heteroatoms. The van der Waals surface area contributed by atoms with Crippen molar-refractivity contribution in [1.82, 2.24) is 5.43 Å². The van der Waals surface area contributed by atoms with E-state index in [2.05, 4.69) is 5.10 Å². The molecule has 1 aromatic carbocycles. The number of hydrazone groups is 1. The Morgan fingerprint density at radius 3 is 2.26 bits per heavy atom. The van der Waals surface area contributed by atoms with Crippen LogP contribution in [0.5, 0.6) is 0 Å². The van der Waals surface area contributed by atoms with E-state index in [0.717, 1.165) is 6.07 Å². The summed E-state index contributed by atoms with van der Waals surface area (Å²) in [5.74, 6) is -6.77. The van der Waals surface area contributed by atoms with Gasteiger partial charge in [0.1, 0.15) is 11.5 Å². The van der Waals surface area contributed by atoms with Gasteiger partial charge in [-0.25, -0.2) is 5.43 Å². The number of benzene rings is 1. The minimum atomic E-state index is -6.50. The highest BCUT2D eigenvalue weighted by Gasteiger charge is 2.73. The molecule has 0 fully saturated rings. The van der Waals surface area contributed by atoms with Crippen LogP contribution in [0.25, 0.3) is 11.3 Å². The van der Waals surface area contributed by atoms with Crippen molar-refractivity contribution in [2.45, 2.75) is 18.1 Å². The van der Waals surface area contributed by atoms with Crippen LogP contribution in [0.3, 0.4) is 0 Å². The fraction of sp³-hybridized carbons (Fsp3) is 0.214. The minimum Gasteiger partial charge on any atom is -0.455 e. The van der Waals surface area contributed by atoms with Crippen LogP contribution in [0.2, 0.25) is 0 Å². The third-order valence-corrected chi connectivity index (χ3v) is 3.14. The number of rotatable bonds is 6. The minimum absolute atomic E-state index is 0.0315. The van der Waals surface area contributed by atoms with Crippen molar-refractivity contribution in [3.63, 3.8) is 0 Å². The number of alkyl halides is 7. The monoisotopic (exact) mass is 399 g/mol. The molecule has 0 bridgehead atoms. The van der Waals surface area contributed by atoms with Crippen LogP contribution in [0.1, 0.15) is 5.76 Å². The maximum Gasteiger partial charge on any atom is 0.462 e. The molecule has 0 atom stereocenters. The Morgan fingerprint density at radius 1 is 1.04 bits per heavy atom. The van der Waals surface area contributed by atoms with Gasteiger partial charge in [0.15, 0.2) is 0 Å². The molecule has 0 aliphatic heterocycles. The largest absolute Gasteiger partial charge is 0.462 e. The first-order valence-electron chi connectivity index (χ1n) is 6.83. The Balaban J connectivity index is 2.18. The molecule has 0 saturated carbocycles. The summed E-state index contributed by atoms with van der Waals surface area (Å²) >= 11 is 0. The van der Waals surface area contributed by atoms with Crippen LogP contribution in [0.4, 0.5) is 36.4 Å². The second kappa shape index (κ2) is 6.89. The molecule has 146 valence electrons. The summed E-state index contributed by atoms with van der Waals surface area (Å²) in [6, 6.07) is 1.93. The number of hydrogen-bond donors (Lipinski definition) is 1. The molecule has 6 nitrogen and oxygen atoms in total. The van der Waals surface area contributed by atoms with Gasteiger partial charge < -0.3 is 4.42 Å². The van der Waals surface area contributed by atoms with Crippen molar-refractivity contribution in [3.8, 4) is 11.3 Å². The average Bonchev–Trinajstić information content (AvgIpc) is 3.02. The van der Waals surface area contributed by atoms with Gasteiger partial charge in [-0.1, -0.05) is 12.1 Å². The van der Waals surface area contributed by atoms with Crippen LogP contribution in [-0.2, 0) is 0 Å². The summed E-state index contributed by atoms with van der Waals surface area (Å²) in [6.45, 7) is 0. The molecular formula is C14H8F7N3O3. The number of nitrogens with zero attached hydrogens (tertiary/aromatic N) is 2. The summed E-state index contributed by atoms with van der Waals surface area (Å²) in [7, 11) is 0. The van der Waals surface area contributed by atoms with Crippen molar-refractivity contribution in [2.75, 3.05) is 0 Å². The molecule has 27 heavy (non-hydrogen) atoms. The van der Waals surface area contributed by atoms with Crippen LogP contribution in [-0.4, -0.2) is 29.3 Å². The van der Waals surface area contributed by atoms with E-state index in [4.69, 9.17) is 4.42 Å². The summed E-state index contributed by atoms with van der Waals surface area (Å²) in [6.07, 6.45) is -6.08. The molecular weight excluding hydrogens is 391 g/mol. The van der Waals surface area contributed by atoms with Gasteiger partial charge in [-0.3, -0.25) is 10.1 Å². The van der Waals surface area contributed by atoms with Gasteiger partial charge in [0.05, 0.1) is 16.7 Å². The van der Waals surface area contributed by atoms with Crippen molar-refractivity contribution in [1.29, 1.82) is 0 Å². The molecule has 0 aliphatic rings. The van der Waals surface area contributed by atoms with Gasteiger partial charge in [-0.05, 0) is 18.2 Å². The third kappa shape index (κ3) is 4.01. The molecule has 0 radical (unpaired) electrons. The molecule has 2 rings (SSSR count). The third-order valence-electron chi connectivity index (χ3n) is 3.14. The lowest BCUT2D eigenvalue weighted by Gasteiger charge is -2.27. The highest BCUT2D eigenvalue weighted by atomic mass is 19.4. The normalized spacial score (nSPS) is 13.1. The van der Waals surface area contributed by atoms with E-state index in [1.807, 2.05) is 0 Å². The van der Waals surface area contributed by atoms with Gasteiger partial charge >= 0.3 is 18.1 Å². The van der Waals surface area contributed by atoms with Gasteiger partial charge in [-0.2, -0.15) is 35.8 Å². The van der Waals surface area contributed by atoms with E-state index in [-0.39, 0.29) is 22.8 Å².